The van der Waals surface area contributed by atoms with Crippen LogP contribution in [-0.2, 0) is 11.0 Å². The SMILES string of the molecule is O=C(NC1CCN(CP(=O)(O)O)CC1)c1[nH]ncc1CC(=O)c1c(Cl)cccc1Cl. The largest absolute Gasteiger partial charge is 0.348 e. The molecule has 1 aromatic heterocycles. The lowest BCUT2D eigenvalue weighted by Gasteiger charge is -2.32. The first-order valence-electron chi connectivity index (χ1n) is 9.21. The Morgan fingerprint density at radius 2 is 1.87 bits per heavy atom. The molecule has 0 saturated carbocycles. The number of hydrogen-bond donors (Lipinski definition) is 4. The number of carbonyl (C=O) groups excluding carboxylic acids is 2. The number of benzene rings is 1. The molecule has 1 aliphatic rings. The van der Waals surface area contributed by atoms with Gasteiger partial charge < -0.3 is 15.1 Å². The van der Waals surface area contributed by atoms with E-state index in [1.54, 1.807) is 23.1 Å². The molecule has 1 saturated heterocycles. The van der Waals surface area contributed by atoms with Gasteiger partial charge in [-0.25, -0.2) is 0 Å². The first-order chi connectivity index (χ1) is 14.1. The fraction of sp³-hybridized carbons (Fsp3) is 0.389. The van der Waals surface area contributed by atoms with Crippen LogP contribution in [0.1, 0.15) is 39.3 Å². The van der Waals surface area contributed by atoms with Crippen LogP contribution < -0.4 is 5.32 Å². The molecule has 0 atom stereocenters. The van der Waals surface area contributed by atoms with Crippen LogP contribution in [-0.4, -0.2) is 62.0 Å². The fourth-order valence-electron chi connectivity index (χ4n) is 3.40. The number of halogens is 2. The van der Waals surface area contributed by atoms with Crippen LogP contribution in [0, 0.1) is 0 Å². The Kier molecular flexibility index (Phi) is 7.34. The molecule has 3 rings (SSSR count). The maximum atomic E-state index is 12.7. The van der Waals surface area contributed by atoms with Gasteiger partial charge in [-0.05, 0) is 25.0 Å². The Bertz CT molecular complexity index is 964. The van der Waals surface area contributed by atoms with Gasteiger partial charge in [0.25, 0.3) is 5.91 Å². The van der Waals surface area contributed by atoms with E-state index in [2.05, 4.69) is 15.5 Å². The minimum Gasteiger partial charge on any atom is -0.348 e. The normalized spacial score (nSPS) is 15.9. The summed E-state index contributed by atoms with van der Waals surface area (Å²) in [6.45, 7) is 0.935. The van der Waals surface area contributed by atoms with Crippen molar-refractivity contribution in [2.45, 2.75) is 25.3 Å². The number of rotatable bonds is 7. The predicted octanol–water partition coefficient (Wildman–Crippen LogP) is 2.47. The van der Waals surface area contributed by atoms with Crippen molar-refractivity contribution < 1.29 is 23.9 Å². The molecule has 1 aliphatic heterocycles. The van der Waals surface area contributed by atoms with E-state index in [0.717, 1.165) is 0 Å². The van der Waals surface area contributed by atoms with Crippen molar-refractivity contribution in [1.82, 2.24) is 20.4 Å². The molecule has 0 unspecified atom stereocenters. The fourth-order valence-corrected chi connectivity index (χ4v) is 4.82. The van der Waals surface area contributed by atoms with Crippen LogP contribution in [0.25, 0.3) is 0 Å². The minimum atomic E-state index is -4.10. The van der Waals surface area contributed by atoms with Crippen LogP contribution in [0.2, 0.25) is 10.0 Å². The van der Waals surface area contributed by atoms with Gasteiger partial charge in [-0.2, -0.15) is 5.10 Å². The molecule has 0 bridgehead atoms. The Labute approximate surface area is 182 Å². The summed E-state index contributed by atoms with van der Waals surface area (Å²) in [4.78, 5) is 45.1. The molecule has 2 heterocycles. The predicted molar refractivity (Wildman–Crippen MR) is 112 cm³/mol. The maximum absolute atomic E-state index is 12.7. The monoisotopic (exact) mass is 474 g/mol. The number of aromatic amines is 1. The molecule has 4 N–H and O–H groups in total. The molecule has 12 heteroatoms. The second kappa shape index (κ2) is 9.60. The van der Waals surface area contributed by atoms with E-state index in [0.29, 0.717) is 31.5 Å². The maximum Gasteiger partial charge on any atom is 0.339 e. The number of ketones is 1. The quantitative estimate of drug-likeness (QED) is 0.357. The Hall–Kier alpha value is -1.74. The molecule has 1 amide bonds. The van der Waals surface area contributed by atoms with Gasteiger partial charge in [0.05, 0.1) is 21.8 Å². The van der Waals surface area contributed by atoms with Crippen molar-refractivity contribution in [1.29, 1.82) is 0 Å². The van der Waals surface area contributed by atoms with Gasteiger partial charge in [0, 0.05) is 31.1 Å². The summed E-state index contributed by atoms with van der Waals surface area (Å²) in [6, 6.07) is 4.64. The highest BCUT2D eigenvalue weighted by molar-refractivity contribution is 7.51. The van der Waals surface area contributed by atoms with E-state index < -0.39 is 13.5 Å². The lowest BCUT2D eigenvalue weighted by Crippen LogP contribution is -2.45. The zero-order chi connectivity index (χ0) is 21.9. The molecule has 30 heavy (non-hydrogen) atoms. The Morgan fingerprint density at radius 3 is 2.47 bits per heavy atom. The van der Waals surface area contributed by atoms with Gasteiger partial charge in [-0.1, -0.05) is 29.3 Å². The van der Waals surface area contributed by atoms with Crippen LogP contribution >= 0.6 is 30.8 Å². The third-order valence-electron chi connectivity index (χ3n) is 4.84. The van der Waals surface area contributed by atoms with E-state index in [4.69, 9.17) is 33.0 Å². The number of Topliss-reactive ketones (excluding diaryl/α,β-unsaturated/α-hetero) is 1. The van der Waals surface area contributed by atoms with E-state index in [1.807, 2.05) is 0 Å². The van der Waals surface area contributed by atoms with Crippen molar-refractivity contribution in [2.75, 3.05) is 19.4 Å². The number of likely N-dealkylation sites (tertiary alicyclic amines) is 1. The minimum absolute atomic E-state index is 0.0938. The number of H-pyrrole nitrogens is 1. The summed E-state index contributed by atoms with van der Waals surface area (Å²) in [6.07, 6.45) is 2.15. The van der Waals surface area contributed by atoms with Gasteiger partial charge in [-0.3, -0.25) is 24.2 Å². The van der Waals surface area contributed by atoms with Crippen molar-refractivity contribution in [3.8, 4) is 0 Å². The van der Waals surface area contributed by atoms with E-state index in [9.17, 15) is 14.2 Å². The highest BCUT2D eigenvalue weighted by Gasteiger charge is 2.27. The summed E-state index contributed by atoms with van der Waals surface area (Å²) < 4.78 is 11.1. The second-order valence-corrected chi connectivity index (χ2v) is 9.57. The Balaban J connectivity index is 1.61. The van der Waals surface area contributed by atoms with E-state index in [1.165, 1.54) is 6.20 Å². The standard InChI is InChI=1S/C18H21Cl2N4O5P/c19-13-2-1-3-14(20)16(13)15(25)8-11-9-21-23-17(11)18(26)22-12-4-6-24(7-5-12)10-30(27,28)29/h1-3,9,12H,4-8,10H2,(H,21,23)(H,22,26)(H2,27,28,29). The highest BCUT2D eigenvalue weighted by atomic mass is 35.5. The average molecular weight is 475 g/mol. The van der Waals surface area contributed by atoms with Crippen LogP contribution in [0.15, 0.2) is 24.4 Å². The van der Waals surface area contributed by atoms with Crippen molar-refractivity contribution in [3.63, 3.8) is 0 Å². The van der Waals surface area contributed by atoms with Gasteiger partial charge in [0.15, 0.2) is 5.78 Å². The number of nitrogens with one attached hydrogen (secondary N) is 2. The van der Waals surface area contributed by atoms with E-state index in [-0.39, 0.29) is 45.8 Å². The third-order valence-corrected chi connectivity index (χ3v) is 6.24. The van der Waals surface area contributed by atoms with Crippen LogP contribution in [0.5, 0.6) is 0 Å². The molecule has 9 nitrogen and oxygen atoms in total. The number of piperidine rings is 1. The topological polar surface area (TPSA) is 136 Å². The summed E-state index contributed by atoms with van der Waals surface area (Å²) in [5.74, 6) is -0.721. The lowest BCUT2D eigenvalue weighted by molar-refractivity contribution is 0.0907. The van der Waals surface area contributed by atoms with Crippen molar-refractivity contribution in [3.05, 3.63) is 51.3 Å². The number of carbonyl (C=O) groups is 2. The first-order valence-corrected chi connectivity index (χ1v) is 11.8. The third kappa shape index (κ3) is 5.91. The van der Waals surface area contributed by atoms with Crippen LogP contribution in [0.4, 0.5) is 0 Å². The molecule has 0 spiro atoms. The molecular weight excluding hydrogens is 454 g/mol. The number of amides is 1. The zero-order valence-corrected chi connectivity index (χ0v) is 18.3. The van der Waals surface area contributed by atoms with Gasteiger partial charge in [0.2, 0.25) is 0 Å². The average Bonchev–Trinajstić information content (AvgIpc) is 3.10. The molecule has 1 aromatic carbocycles. The van der Waals surface area contributed by atoms with Gasteiger partial charge in [-0.15, -0.1) is 0 Å². The van der Waals surface area contributed by atoms with Crippen molar-refractivity contribution in [2.24, 2.45) is 0 Å². The number of nitrogens with zero attached hydrogens (tertiary/aromatic N) is 2. The summed E-state index contributed by atoms with van der Waals surface area (Å²) >= 11 is 12.2. The van der Waals surface area contributed by atoms with Gasteiger partial charge in [0.1, 0.15) is 12.0 Å². The molecular formula is C18H21Cl2N4O5P. The lowest BCUT2D eigenvalue weighted by atomic mass is 10.0. The molecule has 1 fully saturated rings. The smallest absolute Gasteiger partial charge is 0.339 e. The summed E-state index contributed by atoms with van der Waals surface area (Å²) in [7, 11) is -4.10. The molecule has 0 aliphatic carbocycles. The Morgan fingerprint density at radius 1 is 1.23 bits per heavy atom. The summed E-state index contributed by atoms with van der Waals surface area (Å²) in [5, 5.41) is 9.87. The first kappa shape index (κ1) is 22.9. The van der Waals surface area contributed by atoms with Gasteiger partial charge >= 0.3 is 7.60 Å². The number of hydrogen-bond acceptors (Lipinski definition) is 5. The molecule has 0 radical (unpaired) electrons. The summed E-state index contributed by atoms with van der Waals surface area (Å²) in [5.41, 5.74) is 0.808. The highest BCUT2D eigenvalue weighted by Crippen LogP contribution is 2.35. The molecule has 162 valence electrons. The zero-order valence-electron chi connectivity index (χ0n) is 15.8. The second-order valence-electron chi connectivity index (χ2n) is 7.14. The molecule has 2 aromatic rings. The van der Waals surface area contributed by atoms with Crippen LogP contribution in [0.3, 0.4) is 0 Å². The van der Waals surface area contributed by atoms with Crippen molar-refractivity contribution >= 4 is 42.5 Å². The van der Waals surface area contributed by atoms with E-state index >= 15 is 0 Å². The number of aromatic nitrogens is 2.